The van der Waals surface area contributed by atoms with E-state index in [1.165, 1.54) is 12.1 Å². The Morgan fingerprint density at radius 3 is 2.42 bits per heavy atom. The summed E-state index contributed by atoms with van der Waals surface area (Å²) in [6.07, 6.45) is 0. The Balaban J connectivity index is 2.06. The number of aryl methyl sites for hydroxylation is 3. The minimum atomic E-state index is -0.523. The van der Waals surface area contributed by atoms with Gasteiger partial charge >= 0.3 is 0 Å². The van der Waals surface area contributed by atoms with Crippen LogP contribution in [0.5, 0.6) is 5.75 Å². The summed E-state index contributed by atoms with van der Waals surface area (Å²) in [6.45, 7) is 5.38. The van der Waals surface area contributed by atoms with Gasteiger partial charge in [-0.3, -0.25) is 14.9 Å². The van der Waals surface area contributed by atoms with E-state index >= 15 is 0 Å². The summed E-state index contributed by atoms with van der Waals surface area (Å²) in [6, 6.07) is 8.26. The number of rotatable bonds is 5. The topological polar surface area (TPSA) is 81.5 Å². The molecular formula is C17H17BrN2O4. The molecule has 0 aliphatic rings. The number of nitrogens with one attached hydrogen (secondary N) is 1. The van der Waals surface area contributed by atoms with Crippen LogP contribution in [0.3, 0.4) is 0 Å². The van der Waals surface area contributed by atoms with Crippen LogP contribution in [-0.4, -0.2) is 17.4 Å². The number of anilines is 1. The quantitative estimate of drug-likeness (QED) is 0.607. The predicted octanol–water partition coefficient (Wildman–Crippen LogP) is 4.30. The molecule has 2 rings (SSSR count). The van der Waals surface area contributed by atoms with Crippen LogP contribution in [0.25, 0.3) is 0 Å². The summed E-state index contributed by atoms with van der Waals surface area (Å²) >= 11 is 3.47. The van der Waals surface area contributed by atoms with E-state index in [0.717, 1.165) is 21.2 Å². The molecule has 0 heterocycles. The standard InChI is InChI=1S/C17H17BrN2O4/c1-10-4-5-14(15(6-10)20(22)23)19-16(21)9-24-13-7-11(2)17(18)12(3)8-13/h4-8H,9H2,1-3H3,(H,19,21). The van der Waals surface area contributed by atoms with Crippen LogP contribution in [0.1, 0.15) is 16.7 Å². The van der Waals surface area contributed by atoms with E-state index < -0.39 is 10.8 Å². The molecule has 0 aliphatic carbocycles. The number of nitrogens with zero attached hydrogens (tertiary/aromatic N) is 1. The third-order valence-corrected chi connectivity index (χ3v) is 4.65. The van der Waals surface area contributed by atoms with Crippen molar-refractivity contribution < 1.29 is 14.5 Å². The van der Waals surface area contributed by atoms with Crippen molar-refractivity contribution in [2.24, 2.45) is 0 Å². The Bertz CT molecular complexity index is 782. The van der Waals surface area contributed by atoms with Crippen molar-refractivity contribution in [3.05, 3.63) is 61.6 Å². The number of hydrogen-bond donors (Lipinski definition) is 1. The second kappa shape index (κ2) is 7.44. The number of carbonyl (C=O) groups is 1. The van der Waals surface area contributed by atoms with Gasteiger partial charge in [0.1, 0.15) is 11.4 Å². The molecule has 0 unspecified atom stereocenters. The van der Waals surface area contributed by atoms with Gasteiger partial charge in [0.15, 0.2) is 6.61 Å². The molecule has 0 radical (unpaired) electrons. The molecule has 6 nitrogen and oxygen atoms in total. The summed E-state index contributed by atoms with van der Waals surface area (Å²) < 4.78 is 6.47. The van der Waals surface area contributed by atoms with Crippen molar-refractivity contribution >= 4 is 33.2 Å². The molecule has 7 heteroatoms. The van der Waals surface area contributed by atoms with Crippen molar-refractivity contribution in [3.63, 3.8) is 0 Å². The smallest absolute Gasteiger partial charge is 0.293 e. The Hall–Kier alpha value is -2.41. The molecule has 1 N–H and O–H groups in total. The number of nitro benzene ring substituents is 1. The van der Waals surface area contributed by atoms with E-state index in [9.17, 15) is 14.9 Å². The highest BCUT2D eigenvalue weighted by Gasteiger charge is 2.16. The van der Waals surface area contributed by atoms with Crippen LogP contribution in [0, 0.1) is 30.9 Å². The molecule has 24 heavy (non-hydrogen) atoms. The van der Waals surface area contributed by atoms with Gasteiger partial charge in [0, 0.05) is 10.5 Å². The number of benzene rings is 2. The third kappa shape index (κ3) is 4.32. The van der Waals surface area contributed by atoms with E-state index in [4.69, 9.17) is 4.74 Å². The zero-order chi connectivity index (χ0) is 17.9. The molecule has 0 atom stereocenters. The van der Waals surface area contributed by atoms with Crippen molar-refractivity contribution in [2.45, 2.75) is 20.8 Å². The molecule has 2 aromatic rings. The molecule has 1 amide bonds. The first kappa shape index (κ1) is 17.9. The summed E-state index contributed by atoms with van der Waals surface area (Å²) in [4.78, 5) is 22.6. The first-order valence-corrected chi connectivity index (χ1v) is 8.01. The van der Waals surface area contributed by atoms with Crippen LogP contribution in [-0.2, 0) is 4.79 Å². The molecule has 0 fully saturated rings. The highest BCUT2D eigenvalue weighted by molar-refractivity contribution is 9.10. The third-order valence-electron chi connectivity index (χ3n) is 3.40. The maximum atomic E-state index is 12.0. The van der Waals surface area contributed by atoms with Gasteiger partial charge in [-0.05, 0) is 55.7 Å². The molecule has 0 saturated heterocycles. The summed E-state index contributed by atoms with van der Waals surface area (Å²) in [5.41, 5.74) is 2.76. The monoisotopic (exact) mass is 392 g/mol. The largest absolute Gasteiger partial charge is 0.484 e. The fraction of sp³-hybridized carbons (Fsp3) is 0.235. The maximum Gasteiger partial charge on any atom is 0.293 e. The fourth-order valence-electron chi connectivity index (χ4n) is 2.22. The molecule has 126 valence electrons. The molecular weight excluding hydrogens is 376 g/mol. The fourth-order valence-corrected chi connectivity index (χ4v) is 2.45. The summed E-state index contributed by atoms with van der Waals surface area (Å²) in [5.74, 6) is 0.113. The first-order valence-electron chi connectivity index (χ1n) is 7.22. The number of halogens is 1. The normalized spacial score (nSPS) is 10.3. The number of ether oxygens (including phenoxy) is 1. The van der Waals surface area contributed by atoms with E-state index in [1.54, 1.807) is 13.0 Å². The minimum Gasteiger partial charge on any atom is -0.484 e. The van der Waals surface area contributed by atoms with Crippen LogP contribution in [0.2, 0.25) is 0 Å². The van der Waals surface area contributed by atoms with E-state index in [-0.39, 0.29) is 18.0 Å². The highest BCUT2D eigenvalue weighted by atomic mass is 79.9. The lowest BCUT2D eigenvalue weighted by Gasteiger charge is -2.11. The lowest BCUT2D eigenvalue weighted by atomic mass is 10.1. The van der Waals surface area contributed by atoms with Gasteiger partial charge < -0.3 is 10.1 Å². The van der Waals surface area contributed by atoms with Crippen molar-refractivity contribution in [1.82, 2.24) is 0 Å². The highest BCUT2D eigenvalue weighted by Crippen LogP contribution is 2.27. The van der Waals surface area contributed by atoms with Gasteiger partial charge in [-0.1, -0.05) is 22.0 Å². The molecule has 0 saturated carbocycles. The Morgan fingerprint density at radius 1 is 1.21 bits per heavy atom. The summed E-state index contributed by atoms with van der Waals surface area (Å²) in [5, 5.41) is 13.6. The SMILES string of the molecule is Cc1ccc(NC(=O)COc2cc(C)c(Br)c(C)c2)c([N+](=O)[O-])c1. The molecule has 0 aromatic heterocycles. The van der Waals surface area contributed by atoms with Gasteiger partial charge in [-0.2, -0.15) is 0 Å². The van der Waals surface area contributed by atoms with Crippen LogP contribution in [0.15, 0.2) is 34.8 Å². The van der Waals surface area contributed by atoms with Crippen molar-refractivity contribution in [3.8, 4) is 5.75 Å². The van der Waals surface area contributed by atoms with E-state index in [1.807, 2.05) is 26.0 Å². The second-order valence-electron chi connectivity index (χ2n) is 5.49. The zero-order valence-electron chi connectivity index (χ0n) is 13.6. The van der Waals surface area contributed by atoms with Gasteiger partial charge in [-0.25, -0.2) is 0 Å². The Kier molecular flexibility index (Phi) is 5.56. The molecule has 2 aromatic carbocycles. The Labute approximate surface area is 148 Å². The van der Waals surface area contributed by atoms with Crippen LogP contribution in [0.4, 0.5) is 11.4 Å². The first-order chi connectivity index (χ1) is 11.3. The number of carbonyl (C=O) groups excluding carboxylic acids is 1. The second-order valence-corrected chi connectivity index (χ2v) is 6.28. The maximum absolute atomic E-state index is 12.0. The minimum absolute atomic E-state index is 0.140. The van der Waals surface area contributed by atoms with Crippen LogP contribution < -0.4 is 10.1 Å². The summed E-state index contributed by atoms with van der Waals surface area (Å²) in [7, 11) is 0. The predicted molar refractivity (Wildman–Crippen MR) is 95.6 cm³/mol. The lowest BCUT2D eigenvalue weighted by Crippen LogP contribution is -2.20. The Morgan fingerprint density at radius 2 is 1.83 bits per heavy atom. The molecule has 0 spiro atoms. The van der Waals surface area contributed by atoms with Gasteiger partial charge in [0.2, 0.25) is 0 Å². The van der Waals surface area contributed by atoms with Gasteiger partial charge in [0.25, 0.3) is 11.6 Å². The number of amides is 1. The molecule has 0 bridgehead atoms. The van der Waals surface area contributed by atoms with Crippen molar-refractivity contribution in [1.29, 1.82) is 0 Å². The zero-order valence-corrected chi connectivity index (χ0v) is 15.1. The van der Waals surface area contributed by atoms with Gasteiger partial charge in [-0.15, -0.1) is 0 Å². The average Bonchev–Trinajstić information content (AvgIpc) is 2.52. The number of nitro groups is 1. The average molecular weight is 393 g/mol. The lowest BCUT2D eigenvalue weighted by molar-refractivity contribution is -0.384. The molecule has 0 aliphatic heterocycles. The van der Waals surface area contributed by atoms with Gasteiger partial charge in [0.05, 0.1) is 4.92 Å². The van der Waals surface area contributed by atoms with E-state index in [0.29, 0.717) is 5.75 Å². The van der Waals surface area contributed by atoms with Crippen molar-refractivity contribution in [2.75, 3.05) is 11.9 Å². The van der Waals surface area contributed by atoms with E-state index in [2.05, 4.69) is 21.2 Å². The number of hydrogen-bond acceptors (Lipinski definition) is 4. The van der Waals surface area contributed by atoms with Crippen LogP contribution >= 0.6 is 15.9 Å².